The zero-order valence-electron chi connectivity index (χ0n) is 13.5. The van der Waals surface area contributed by atoms with Gasteiger partial charge in [0.05, 0.1) is 0 Å². The SMILES string of the molecule is CC=CC(=O)Nc1cccc(OC(=O)NN2CCCCC2C)c1. The van der Waals surface area contributed by atoms with Gasteiger partial charge in [-0.15, -0.1) is 0 Å². The van der Waals surface area contributed by atoms with Crippen molar-refractivity contribution in [1.82, 2.24) is 10.4 Å². The molecule has 2 rings (SSSR count). The molecule has 1 unspecified atom stereocenters. The maximum absolute atomic E-state index is 12.0. The van der Waals surface area contributed by atoms with E-state index >= 15 is 0 Å². The van der Waals surface area contributed by atoms with E-state index in [1.165, 1.54) is 12.5 Å². The van der Waals surface area contributed by atoms with Gasteiger partial charge in [-0.05, 0) is 44.9 Å². The fraction of sp³-hybridized carbons (Fsp3) is 0.412. The minimum atomic E-state index is -0.518. The summed E-state index contributed by atoms with van der Waals surface area (Å²) in [6, 6.07) is 7.05. The topological polar surface area (TPSA) is 70.7 Å². The molecule has 2 N–H and O–H groups in total. The third kappa shape index (κ3) is 5.41. The number of nitrogens with one attached hydrogen (secondary N) is 2. The van der Waals surface area contributed by atoms with Gasteiger partial charge in [-0.3, -0.25) is 10.2 Å². The highest BCUT2D eigenvalue weighted by Gasteiger charge is 2.20. The van der Waals surface area contributed by atoms with Crippen LogP contribution >= 0.6 is 0 Å². The van der Waals surface area contributed by atoms with Crippen LogP contribution < -0.4 is 15.5 Å². The van der Waals surface area contributed by atoms with Gasteiger partial charge in [-0.2, -0.15) is 0 Å². The molecule has 0 radical (unpaired) electrons. The molecule has 1 saturated heterocycles. The Balaban J connectivity index is 1.91. The largest absolute Gasteiger partial charge is 0.427 e. The van der Waals surface area contributed by atoms with Gasteiger partial charge >= 0.3 is 6.09 Å². The van der Waals surface area contributed by atoms with Gasteiger partial charge in [0, 0.05) is 24.3 Å². The Morgan fingerprint density at radius 1 is 1.35 bits per heavy atom. The van der Waals surface area contributed by atoms with Crippen molar-refractivity contribution in [2.75, 3.05) is 11.9 Å². The smallest absolute Gasteiger partial charge is 0.409 e. The van der Waals surface area contributed by atoms with E-state index in [0.717, 1.165) is 19.4 Å². The molecular formula is C17H23N3O3. The van der Waals surface area contributed by atoms with Crippen molar-refractivity contribution in [1.29, 1.82) is 0 Å². The van der Waals surface area contributed by atoms with Crippen LogP contribution in [0.25, 0.3) is 0 Å². The van der Waals surface area contributed by atoms with E-state index in [-0.39, 0.29) is 5.91 Å². The van der Waals surface area contributed by atoms with Gasteiger partial charge in [-0.1, -0.05) is 18.6 Å². The van der Waals surface area contributed by atoms with Crippen molar-refractivity contribution in [3.05, 3.63) is 36.4 Å². The zero-order valence-corrected chi connectivity index (χ0v) is 13.5. The van der Waals surface area contributed by atoms with E-state index in [1.54, 1.807) is 37.3 Å². The first-order valence-electron chi connectivity index (χ1n) is 7.87. The van der Waals surface area contributed by atoms with Crippen molar-refractivity contribution in [3.8, 4) is 5.75 Å². The number of benzene rings is 1. The minimum Gasteiger partial charge on any atom is -0.409 e. The fourth-order valence-electron chi connectivity index (χ4n) is 2.48. The summed E-state index contributed by atoms with van der Waals surface area (Å²) in [5.74, 6) is 0.154. The van der Waals surface area contributed by atoms with Crippen molar-refractivity contribution in [2.45, 2.75) is 39.2 Å². The molecule has 0 aromatic heterocycles. The molecule has 2 amide bonds. The maximum Gasteiger partial charge on any atom is 0.427 e. The monoisotopic (exact) mass is 317 g/mol. The summed E-state index contributed by atoms with van der Waals surface area (Å²) >= 11 is 0. The van der Waals surface area contributed by atoms with Gasteiger partial charge in [0.1, 0.15) is 5.75 Å². The molecule has 6 nitrogen and oxygen atoms in total. The lowest BCUT2D eigenvalue weighted by Crippen LogP contribution is -2.50. The highest BCUT2D eigenvalue weighted by molar-refractivity contribution is 5.99. The average Bonchev–Trinajstić information content (AvgIpc) is 2.50. The second kappa shape index (κ2) is 8.33. The first-order chi connectivity index (χ1) is 11.1. The van der Waals surface area contributed by atoms with Crippen LogP contribution in [0.1, 0.15) is 33.1 Å². The highest BCUT2D eigenvalue weighted by atomic mass is 16.6. The summed E-state index contributed by atoms with van der Waals surface area (Å²) < 4.78 is 5.29. The number of hydrogen-bond acceptors (Lipinski definition) is 4. The van der Waals surface area contributed by atoms with E-state index in [2.05, 4.69) is 17.7 Å². The normalized spacial score (nSPS) is 18.6. The van der Waals surface area contributed by atoms with Gasteiger partial charge in [0.15, 0.2) is 0 Å². The number of hydrazine groups is 1. The minimum absolute atomic E-state index is 0.226. The van der Waals surface area contributed by atoms with Crippen molar-refractivity contribution >= 4 is 17.7 Å². The van der Waals surface area contributed by atoms with Crippen molar-refractivity contribution < 1.29 is 14.3 Å². The summed E-state index contributed by atoms with van der Waals surface area (Å²) in [6.45, 7) is 4.68. The summed E-state index contributed by atoms with van der Waals surface area (Å²) in [4.78, 5) is 23.5. The van der Waals surface area contributed by atoms with E-state index in [1.807, 2.05) is 5.01 Å². The Kier molecular flexibility index (Phi) is 6.17. The number of amides is 2. The first-order valence-corrected chi connectivity index (χ1v) is 7.87. The average molecular weight is 317 g/mol. The summed E-state index contributed by atoms with van der Waals surface area (Å²) in [5, 5.41) is 4.60. The number of nitrogens with zero attached hydrogens (tertiary/aromatic N) is 1. The predicted octanol–water partition coefficient (Wildman–Crippen LogP) is 3.08. The number of carbonyl (C=O) groups is 2. The summed E-state index contributed by atoms with van der Waals surface area (Å²) in [7, 11) is 0. The Hall–Kier alpha value is -2.34. The van der Waals surface area contributed by atoms with Gasteiger partial charge < -0.3 is 10.1 Å². The second-order valence-corrected chi connectivity index (χ2v) is 5.56. The maximum atomic E-state index is 12.0. The van der Waals surface area contributed by atoms with Crippen LogP contribution in [-0.4, -0.2) is 29.6 Å². The second-order valence-electron chi connectivity index (χ2n) is 5.56. The number of allylic oxidation sites excluding steroid dienone is 1. The van der Waals surface area contributed by atoms with Crippen LogP contribution in [0, 0.1) is 0 Å². The molecule has 0 spiro atoms. The van der Waals surface area contributed by atoms with Crippen LogP contribution in [-0.2, 0) is 4.79 Å². The van der Waals surface area contributed by atoms with E-state index in [9.17, 15) is 9.59 Å². The fourth-order valence-corrected chi connectivity index (χ4v) is 2.48. The number of carbonyl (C=O) groups excluding carboxylic acids is 2. The number of ether oxygens (including phenoxy) is 1. The molecule has 124 valence electrons. The number of hydrogen-bond donors (Lipinski definition) is 2. The Labute approximate surface area is 136 Å². The first kappa shape index (κ1) is 17.0. The van der Waals surface area contributed by atoms with E-state index in [4.69, 9.17) is 4.74 Å². The molecule has 1 fully saturated rings. The third-order valence-corrected chi connectivity index (χ3v) is 3.67. The molecule has 1 aromatic rings. The Bertz CT molecular complexity index is 586. The molecule has 1 aliphatic heterocycles. The molecule has 1 aliphatic rings. The quantitative estimate of drug-likeness (QED) is 0.837. The molecule has 1 atom stereocenters. The van der Waals surface area contributed by atoms with Crippen LogP contribution in [0.15, 0.2) is 36.4 Å². The van der Waals surface area contributed by atoms with Crippen molar-refractivity contribution in [3.63, 3.8) is 0 Å². The molecular weight excluding hydrogens is 294 g/mol. The lowest BCUT2D eigenvalue weighted by atomic mass is 10.1. The molecule has 0 saturated carbocycles. The molecule has 0 aliphatic carbocycles. The molecule has 6 heteroatoms. The Morgan fingerprint density at radius 2 is 2.17 bits per heavy atom. The van der Waals surface area contributed by atoms with Crippen LogP contribution in [0.2, 0.25) is 0 Å². The molecule has 0 bridgehead atoms. The van der Waals surface area contributed by atoms with Crippen LogP contribution in [0.3, 0.4) is 0 Å². The predicted molar refractivity (Wildman–Crippen MR) is 89.1 cm³/mol. The third-order valence-electron chi connectivity index (χ3n) is 3.67. The Morgan fingerprint density at radius 3 is 2.91 bits per heavy atom. The lowest BCUT2D eigenvalue weighted by molar-refractivity contribution is -0.111. The van der Waals surface area contributed by atoms with E-state index in [0.29, 0.717) is 17.5 Å². The lowest BCUT2D eigenvalue weighted by Gasteiger charge is -2.32. The zero-order chi connectivity index (χ0) is 16.7. The molecule has 1 heterocycles. The van der Waals surface area contributed by atoms with Gasteiger partial charge in [-0.25, -0.2) is 9.80 Å². The molecule has 23 heavy (non-hydrogen) atoms. The van der Waals surface area contributed by atoms with Gasteiger partial charge in [0.25, 0.3) is 0 Å². The molecule has 1 aromatic carbocycles. The number of anilines is 1. The summed E-state index contributed by atoms with van der Waals surface area (Å²) in [6.07, 6.45) is 5.88. The van der Waals surface area contributed by atoms with Crippen LogP contribution in [0.4, 0.5) is 10.5 Å². The summed E-state index contributed by atoms with van der Waals surface area (Å²) in [5.41, 5.74) is 3.35. The number of piperidine rings is 1. The van der Waals surface area contributed by atoms with Crippen molar-refractivity contribution in [2.24, 2.45) is 0 Å². The van der Waals surface area contributed by atoms with Crippen LogP contribution in [0.5, 0.6) is 5.75 Å². The number of rotatable bonds is 4. The highest BCUT2D eigenvalue weighted by Crippen LogP contribution is 2.18. The van der Waals surface area contributed by atoms with Gasteiger partial charge in [0.2, 0.25) is 5.91 Å². The standard InChI is InChI=1S/C17H23N3O3/c1-3-7-16(21)18-14-9-6-10-15(12-14)23-17(22)19-20-11-5-4-8-13(20)2/h3,6-7,9-10,12-13H,4-5,8,11H2,1-2H3,(H,18,21)(H,19,22). The van der Waals surface area contributed by atoms with E-state index < -0.39 is 6.09 Å².